The Bertz CT molecular complexity index is 1310. The van der Waals surface area contributed by atoms with Crippen LogP contribution in [-0.4, -0.2) is 21.8 Å². The zero-order chi connectivity index (χ0) is 24.1. The molecule has 1 heterocycles. The summed E-state index contributed by atoms with van der Waals surface area (Å²) in [6.07, 6.45) is 1.50. The molecular formula is C27H27FN4O2. The molecule has 4 rings (SSSR count). The zero-order valence-electron chi connectivity index (χ0n) is 19.2. The number of fused-ring (bicyclic) bond motifs is 1. The van der Waals surface area contributed by atoms with E-state index in [1.165, 1.54) is 6.07 Å². The number of aromatic amines is 1. The standard InChI is InChI=1S/C27H27FN4O2/c1-17(2)26(33)30-21-11-7-18(8-12-21)9-14-25-31-23-13-10-19(15-24(23)32-25)27(34)29-16-20-5-3-4-6-22(20)28/h3-8,10-13,15,17H,9,14,16H2,1-2H3,(H,29,34)(H,30,33)(H,31,32). The Labute approximate surface area is 197 Å². The summed E-state index contributed by atoms with van der Waals surface area (Å²) in [7, 11) is 0. The van der Waals surface area contributed by atoms with Crippen molar-refractivity contribution in [2.24, 2.45) is 5.92 Å². The summed E-state index contributed by atoms with van der Waals surface area (Å²) < 4.78 is 13.8. The second kappa shape index (κ2) is 10.3. The van der Waals surface area contributed by atoms with Crippen molar-refractivity contribution in [1.29, 1.82) is 0 Å². The molecule has 0 unspecified atom stereocenters. The molecule has 0 aliphatic rings. The van der Waals surface area contributed by atoms with E-state index in [9.17, 15) is 14.0 Å². The van der Waals surface area contributed by atoms with Gasteiger partial charge in [0.1, 0.15) is 11.6 Å². The third-order valence-corrected chi connectivity index (χ3v) is 5.59. The molecule has 0 saturated carbocycles. The number of amides is 2. The number of rotatable bonds is 8. The summed E-state index contributed by atoms with van der Waals surface area (Å²) in [5.41, 5.74) is 4.41. The number of aryl methyl sites for hydroxylation is 2. The minimum Gasteiger partial charge on any atom is -0.348 e. The molecule has 174 valence electrons. The number of aromatic nitrogens is 2. The van der Waals surface area contributed by atoms with Gasteiger partial charge in [-0.15, -0.1) is 0 Å². The molecule has 0 radical (unpaired) electrons. The molecule has 4 aromatic rings. The Morgan fingerprint density at radius 2 is 1.76 bits per heavy atom. The van der Waals surface area contributed by atoms with E-state index in [0.717, 1.165) is 34.5 Å². The van der Waals surface area contributed by atoms with Gasteiger partial charge < -0.3 is 15.6 Å². The Morgan fingerprint density at radius 1 is 1.00 bits per heavy atom. The lowest BCUT2D eigenvalue weighted by molar-refractivity contribution is -0.118. The lowest BCUT2D eigenvalue weighted by Gasteiger charge is -2.08. The van der Waals surface area contributed by atoms with Gasteiger partial charge >= 0.3 is 0 Å². The minimum absolute atomic E-state index is 0.00435. The molecule has 0 fully saturated rings. The number of hydrogen-bond acceptors (Lipinski definition) is 3. The normalized spacial score (nSPS) is 11.1. The van der Waals surface area contributed by atoms with Crippen molar-refractivity contribution in [1.82, 2.24) is 15.3 Å². The number of benzene rings is 3. The highest BCUT2D eigenvalue weighted by molar-refractivity contribution is 5.97. The second-order valence-corrected chi connectivity index (χ2v) is 8.53. The average molecular weight is 459 g/mol. The van der Waals surface area contributed by atoms with Crippen molar-refractivity contribution < 1.29 is 14.0 Å². The Hall–Kier alpha value is -4.00. The number of nitrogens with one attached hydrogen (secondary N) is 3. The number of halogens is 1. The molecule has 0 saturated heterocycles. The van der Waals surface area contributed by atoms with Crippen molar-refractivity contribution in [2.75, 3.05) is 5.32 Å². The highest BCUT2D eigenvalue weighted by Crippen LogP contribution is 2.17. The van der Waals surface area contributed by atoms with Crippen LogP contribution in [0, 0.1) is 11.7 Å². The quantitative estimate of drug-likeness (QED) is 0.347. The summed E-state index contributed by atoms with van der Waals surface area (Å²) in [6, 6.07) is 19.5. The first-order valence-electron chi connectivity index (χ1n) is 11.3. The second-order valence-electron chi connectivity index (χ2n) is 8.53. The molecule has 3 aromatic carbocycles. The first-order chi connectivity index (χ1) is 16.4. The number of hydrogen-bond donors (Lipinski definition) is 3. The third-order valence-electron chi connectivity index (χ3n) is 5.59. The number of imidazole rings is 1. The van der Waals surface area contributed by atoms with Gasteiger partial charge in [0.25, 0.3) is 5.91 Å². The molecule has 0 spiro atoms. The first kappa shape index (κ1) is 23.2. The molecular weight excluding hydrogens is 431 g/mol. The van der Waals surface area contributed by atoms with E-state index in [1.807, 2.05) is 38.1 Å². The highest BCUT2D eigenvalue weighted by atomic mass is 19.1. The van der Waals surface area contributed by atoms with Crippen molar-refractivity contribution in [3.05, 3.63) is 95.1 Å². The van der Waals surface area contributed by atoms with Crippen LogP contribution in [0.25, 0.3) is 11.0 Å². The predicted octanol–water partition coefficient (Wildman–Crippen LogP) is 5.01. The lowest BCUT2D eigenvalue weighted by atomic mass is 10.1. The van der Waals surface area contributed by atoms with Crippen molar-refractivity contribution >= 4 is 28.5 Å². The van der Waals surface area contributed by atoms with Gasteiger partial charge in [-0.05, 0) is 48.4 Å². The van der Waals surface area contributed by atoms with Crippen LogP contribution in [-0.2, 0) is 24.2 Å². The van der Waals surface area contributed by atoms with Gasteiger partial charge in [-0.3, -0.25) is 9.59 Å². The summed E-state index contributed by atoms with van der Waals surface area (Å²) in [5, 5.41) is 5.64. The van der Waals surface area contributed by atoms with Crippen LogP contribution in [0.5, 0.6) is 0 Å². The van der Waals surface area contributed by atoms with Gasteiger partial charge in [-0.2, -0.15) is 0 Å². The molecule has 0 aliphatic carbocycles. The molecule has 0 bridgehead atoms. The maximum atomic E-state index is 13.8. The van der Waals surface area contributed by atoms with Crippen LogP contribution in [0.3, 0.4) is 0 Å². The topological polar surface area (TPSA) is 86.9 Å². The molecule has 6 nitrogen and oxygen atoms in total. The summed E-state index contributed by atoms with van der Waals surface area (Å²) in [6.45, 7) is 3.84. The summed E-state index contributed by atoms with van der Waals surface area (Å²) in [5.74, 6) is 0.148. The molecule has 1 aromatic heterocycles. The minimum atomic E-state index is -0.341. The van der Waals surface area contributed by atoms with Crippen LogP contribution >= 0.6 is 0 Å². The number of carbonyl (C=O) groups excluding carboxylic acids is 2. The van der Waals surface area contributed by atoms with Gasteiger partial charge in [0.15, 0.2) is 0 Å². The lowest BCUT2D eigenvalue weighted by Crippen LogP contribution is -2.23. The van der Waals surface area contributed by atoms with E-state index < -0.39 is 0 Å². The van der Waals surface area contributed by atoms with Crippen LogP contribution in [0.15, 0.2) is 66.7 Å². The SMILES string of the molecule is CC(C)C(=O)Nc1ccc(CCc2nc3ccc(C(=O)NCc4ccccc4F)cc3[nH]2)cc1. The third kappa shape index (κ3) is 5.67. The largest absolute Gasteiger partial charge is 0.348 e. The summed E-state index contributed by atoms with van der Waals surface area (Å²) >= 11 is 0. The van der Waals surface area contributed by atoms with Crippen LogP contribution in [0.1, 0.15) is 41.2 Å². The molecule has 0 aliphatic heterocycles. The number of nitrogens with zero attached hydrogens (tertiary/aromatic N) is 1. The Morgan fingerprint density at radius 3 is 2.50 bits per heavy atom. The molecule has 7 heteroatoms. The van der Waals surface area contributed by atoms with Crippen LogP contribution in [0.2, 0.25) is 0 Å². The maximum Gasteiger partial charge on any atom is 0.251 e. The van der Waals surface area contributed by atoms with E-state index in [4.69, 9.17) is 0 Å². The molecule has 34 heavy (non-hydrogen) atoms. The Balaban J connectivity index is 1.36. The van der Waals surface area contributed by atoms with Gasteiger partial charge in [-0.1, -0.05) is 44.2 Å². The fourth-order valence-corrected chi connectivity index (χ4v) is 3.55. The van der Waals surface area contributed by atoms with Gasteiger partial charge in [0.05, 0.1) is 11.0 Å². The first-order valence-corrected chi connectivity index (χ1v) is 11.3. The molecule has 0 atom stereocenters. The van der Waals surface area contributed by atoms with E-state index in [2.05, 4.69) is 20.6 Å². The van der Waals surface area contributed by atoms with Gasteiger partial charge in [-0.25, -0.2) is 9.37 Å². The monoisotopic (exact) mass is 458 g/mol. The number of H-pyrrole nitrogens is 1. The maximum absolute atomic E-state index is 13.8. The average Bonchev–Trinajstić information content (AvgIpc) is 3.25. The molecule has 2 amide bonds. The summed E-state index contributed by atoms with van der Waals surface area (Å²) in [4.78, 5) is 32.2. The fourth-order valence-electron chi connectivity index (χ4n) is 3.55. The van der Waals surface area contributed by atoms with Crippen molar-refractivity contribution in [2.45, 2.75) is 33.2 Å². The van der Waals surface area contributed by atoms with Crippen molar-refractivity contribution in [3.63, 3.8) is 0 Å². The van der Waals surface area contributed by atoms with E-state index in [0.29, 0.717) is 17.5 Å². The zero-order valence-corrected chi connectivity index (χ0v) is 19.2. The number of carbonyl (C=O) groups is 2. The van der Waals surface area contributed by atoms with E-state index in [1.54, 1.807) is 36.4 Å². The highest BCUT2D eigenvalue weighted by Gasteiger charge is 2.11. The van der Waals surface area contributed by atoms with E-state index in [-0.39, 0.29) is 30.1 Å². The van der Waals surface area contributed by atoms with E-state index >= 15 is 0 Å². The van der Waals surface area contributed by atoms with Gasteiger partial charge in [0, 0.05) is 35.7 Å². The van der Waals surface area contributed by atoms with Crippen molar-refractivity contribution in [3.8, 4) is 0 Å². The van der Waals surface area contributed by atoms with Gasteiger partial charge in [0.2, 0.25) is 5.91 Å². The predicted molar refractivity (Wildman–Crippen MR) is 131 cm³/mol. The smallest absolute Gasteiger partial charge is 0.251 e. The number of anilines is 1. The Kier molecular flexibility index (Phi) is 7.01. The van der Waals surface area contributed by atoms with Crippen LogP contribution < -0.4 is 10.6 Å². The fraction of sp³-hybridized carbons (Fsp3) is 0.222. The molecule has 3 N–H and O–H groups in total. The van der Waals surface area contributed by atoms with Crippen LogP contribution in [0.4, 0.5) is 10.1 Å².